The second kappa shape index (κ2) is 10.1. The Kier molecular flexibility index (Phi) is 7.78. The van der Waals surface area contributed by atoms with Gasteiger partial charge in [-0.3, -0.25) is 20.4 Å². The van der Waals surface area contributed by atoms with E-state index in [1.54, 1.807) is 18.2 Å². The monoisotopic (exact) mass is 426 g/mol. The zero-order valence-corrected chi connectivity index (χ0v) is 17.1. The van der Waals surface area contributed by atoms with Crippen molar-refractivity contribution < 1.29 is 23.8 Å². The molecule has 0 aromatic heterocycles. The highest BCUT2D eigenvalue weighted by atomic mass is 35.5. The summed E-state index contributed by atoms with van der Waals surface area (Å²) in [5, 5.41) is 0.594. The van der Waals surface area contributed by atoms with Gasteiger partial charge < -0.3 is 14.2 Å². The first-order chi connectivity index (χ1) is 13.4. The van der Waals surface area contributed by atoms with E-state index in [4.69, 9.17) is 37.4 Å². The van der Waals surface area contributed by atoms with E-state index in [1.807, 2.05) is 0 Å². The fourth-order valence-electron chi connectivity index (χ4n) is 2.47. The molecule has 0 atom stereocenters. The Morgan fingerprint density at radius 1 is 0.929 bits per heavy atom. The van der Waals surface area contributed by atoms with Crippen molar-refractivity contribution in [2.45, 2.75) is 12.8 Å². The third kappa shape index (κ3) is 5.43. The van der Waals surface area contributed by atoms with Gasteiger partial charge in [-0.05, 0) is 42.3 Å². The van der Waals surface area contributed by atoms with E-state index < -0.39 is 5.91 Å². The van der Waals surface area contributed by atoms with Crippen molar-refractivity contribution in [1.82, 2.24) is 10.9 Å². The molecule has 2 rings (SSSR count). The van der Waals surface area contributed by atoms with Gasteiger partial charge in [0.15, 0.2) is 11.5 Å². The number of aryl methyl sites for hydroxylation is 1. The van der Waals surface area contributed by atoms with Gasteiger partial charge in [0.25, 0.3) is 5.91 Å². The van der Waals surface area contributed by atoms with E-state index in [0.29, 0.717) is 28.7 Å². The van der Waals surface area contributed by atoms with Gasteiger partial charge in [-0.15, -0.1) is 0 Å². The molecule has 0 saturated carbocycles. The summed E-state index contributed by atoms with van der Waals surface area (Å²) in [7, 11) is 4.55. The van der Waals surface area contributed by atoms with Crippen molar-refractivity contribution in [3.63, 3.8) is 0 Å². The van der Waals surface area contributed by atoms with Crippen LogP contribution in [0.4, 0.5) is 0 Å². The number of hydrazine groups is 1. The number of hydrogen-bond donors (Lipinski definition) is 2. The predicted molar refractivity (Wildman–Crippen MR) is 106 cm³/mol. The second-order valence-electron chi connectivity index (χ2n) is 5.66. The zero-order valence-electron chi connectivity index (χ0n) is 15.6. The van der Waals surface area contributed by atoms with Crippen LogP contribution >= 0.6 is 23.2 Å². The molecule has 28 heavy (non-hydrogen) atoms. The summed E-state index contributed by atoms with van der Waals surface area (Å²) in [5.41, 5.74) is 5.65. The van der Waals surface area contributed by atoms with E-state index in [1.165, 1.54) is 33.5 Å². The summed E-state index contributed by atoms with van der Waals surface area (Å²) in [5.74, 6) is 0.542. The summed E-state index contributed by atoms with van der Waals surface area (Å²) in [4.78, 5) is 24.2. The van der Waals surface area contributed by atoms with Crippen LogP contribution < -0.4 is 25.1 Å². The number of benzene rings is 2. The largest absolute Gasteiger partial charge is 0.493 e. The average molecular weight is 427 g/mol. The maximum Gasteiger partial charge on any atom is 0.271 e. The molecule has 0 spiro atoms. The van der Waals surface area contributed by atoms with E-state index in [2.05, 4.69) is 10.9 Å². The van der Waals surface area contributed by atoms with Crippen LogP contribution in [0.1, 0.15) is 22.3 Å². The minimum absolute atomic E-state index is 0.127. The quantitative estimate of drug-likeness (QED) is 0.662. The molecule has 0 unspecified atom stereocenters. The van der Waals surface area contributed by atoms with E-state index in [0.717, 1.165) is 5.56 Å². The first-order valence-corrected chi connectivity index (χ1v) is 8.98. The van der Waals surface area contributed by atoms with Crippen LogP contribution in [0.25, 0.3) is 0 Å². The average Bonchev–Trinajstić information content (AvgIpc) is 2.71. The van der Waals surface area contributed by atoms with Crippen LogP contribution in [-0.4, -0.2) is 33.1 Å². The molecular formula is C19H20Cl2N2O5. The lowest BCUT2D eigenvalue weighted by atomic mass is 10.1. The normalized spacial score (nSPS) is 10.2. The molecule has 0 saturated heterocycles. The lowest BCUT2D eigenvalue weighted by Crippen LogP contribution is -2.41. The van der Waals surface area contributed by atoms with Crippen LogP contribution in [0.3, 0.4) is 0 Å². The molecule has 2 amide bonds. The molecule has 0 bridgehead atoms. The highest BCUT2D eigenvalue weighted by Gasteiger charge is 2.15. The van der Waals surface area contributed by atoms with Gasteiger partial charge >= 0.3 is 0 Å². The molecule has 0 aliphatic carbocycles. The number of nitrogens with one attached hydrogen (secondary N) is 2. The van der Waals surface area contributed by atoms with Crippen LogP contribution in [0.5, 0.6) is 17.2 Å². The first-order valence-electron chi connectivity index (χ1n) is 8.22. The summed E-state index contributed by atoms with van der Waals surface area (Å²) < 4.78 is 15.8. The minimum Gasteiger partial charge on any atom is -0.493 e. The van der Waals surface area contributed by atoms with Gasteiger partial charge in [0.2, 0.25) is 11.7 Å². The highest BCUT2D eigenvalue weighted by Crippen LogP contribution is 2.38. The highest BCUT2D eigenvalue weighted by molar-refractivity contribution is 6.35. The Morgan fingerprint density at radius 3 is 2.14 bits per heavy atom. The molecule has 2 aromatic carbocycles. The molecule has 0 aliphatic heterocycles. The van der Waals surface area contributed by atoms with Crippen molar-refractivity contribution in [2.75, 3.05) is 21.3 Å². The third-order valence-electron chi connectivity index (χ3n) is 3.85. The van der Waals surface area contributed by atoms with Crippen LogP contribution in [0.15, 0.2) is 30.3 Å². The number of carbonyl (C=O) groups excluding carboxylic acids is 2. The molecule has 9 heteroatoms. The maximum atomic E-state index is 12.1. The Morgan fingerprint density at radius 2 is 1.57 bits per heavy atom. The second-order valence-corrected chi connectivity index (χ2v) is 6.50. The Balaban J connectivity index is 1.95. The smallest absolute Gasteiger partial charge is 0.271 e. The number of halogens is 2. The lowest BCUT2D eigenvalue weighted by molar-refractivity contribution is -0.121. The topological polar surface area (TPSA) is 85.9 Å². The van der Waals surface area contributed by atoms with Crippen molar-refractivity contribution in [2.24, 2.45) is 0 Å². The number of methoxy groups -OCH3 is 3. The molecule has 0 radical (unpaired) electrons. The number of ether oxygens (including phenoxy) is 3. The number of amides is 2. The van der Waals surface area contributed by atoms with Gasteiger partial charge in [0, 0.05) is 11.4 Å². The van der Waals surface area contributed by atoms with Crippen molar-refractivity contribution in [3.8, 4) is 17.2 Å². The standard InChI is InChI=1S/C19H20Cl2N2O5/c1-26-15-8-11(9-16(27-2)18(15)28-3)4-7-17(24)22-23-19(25)13-10-12(20)5-6-14(13)21/h5-6,8-10H,4,7H2,1-3H3,(H,22,24)(H,23,25). The third-order valence-corrected chi connectivity index (χ3v) is 4.42. The van der Waals surface area contributed by atoms with Crippen molar-refractivity contribution >= 4 is 35.0 Å². The Bertz CT molecular complexity index is 848. The molecular weight excluding hydrogens is 407 g/mol. The van der Waals surface area contributed by atoms with Gasteiger partial charge in [-0.25, -0.2) is 0 Å². The maximum absolute atomic E-state index is 12.1. The van der Waals surface area contributed by atoms with Crippen LogP contribution in [0.2, 0.25) is 10.0 Å². The summed E-state index contributed by atoms with van der Waals surface area (Å²) in [6.45, 7) is 0. The van der Waals surface area contributed by atoms with Gasteiger partial charge in [-0.1, -0.05) is 23.2 Å². The summed E-state index contributed by atoms with van der Waals surface area (Å²) >= 11 is 11.8. The zero-order chi connectivity index (χ0) is 20.7. The molecule has 2 N–H and O–H groups in total. The number of rotatable bonds is 7. The molecule has 0 heterocycles. The Hall–Kier alpha value is -2.64. The first kappa shape index (κ1) is 21.7. The van der Waals surface area contributed by atoms with Crippen molar-refractivity contribution in [1.29, 1.82) is 0 Å². The van der Waals surface area contributed by atoms with Crippen LogP contribution in [0, 0.1) is 0 Å². The SMILES string of the molecule is COc1cc(CCC(=O)NNC(=O)c2cc(Cl)ccc2Cl)cc(OC)c1OC. The van der Waals surface area contributed by atoms with Gasteiger partial charge in [-0.2, -0.15) is 0 Å². The fourth-order valence-corrected chi connectivity index (χ4v) is 2.84. The van der Waals surface area contributed by atoms with Gasteiger partial charge in [0.1, 0.15) is 0 Å². The summed E-state index contributed by atoms with van der Waals surface area (Å²) in [6, 6.07) is 8.01. The molecule has 2 aromatic rings. The molecule has 7 nitrogen and oxygen atoms in total. The minimum atomic E-state index is -0.561. The molecule has 0 fully saturated rings. The lowest BCUT2D eigenvalue weighted by Gasteiger charge is -2.14. The molecule has 0 aliphatic rings. The number of hydrogen-bond acceptors (Lipinski definition) is 5. The van der Waals surface area contributed by atoms with Crippen LogP contribution in [-0.2, 0) is 11.2 Å². The number of carbonyl (C=O) groups is 2. The van der Waals surface area contributed by atoms with Gasteiger partial charge in [0.05, 0.1) is 31.9 Å². The predicted octanol–water partition coefficient (Wildman–Crippen LogP) is 3.41. The van der Waals surface area contributed by atoms with E-state index in [-0.39, 0.29) is 22.9 Å². The summed E-state index contributed by atoms with van der Waals surface area (Å²) in [6.07, 6.45) is 0.526. The van der Waals surface area contributed by atoms with E-state index >= 15 is 0 Å². The molecule has 150 valence electrons. The van der Waals surface area contributed by atoms with Crippen molar-refractivity contribution in [3.05, 3.63) is 51.5 Å². The Labute approximate surface area is 172 Å². The fraction of sp³-hybridized carbons (Fsp3) is 0.263. The van der Waals surface area contributed by atoms with E-state index in [9.17, 15) is 9.59 Å².